The Kier molecular flexibility index (Phi) is 8.39. The third-order valence-corrected chi connectivity index (χ3v) is 4.17. The lowest BCUT2D eigenvalue weighted by molar-refractivity contribution is -0.142. The second-order valence-electron chi connectivity index (χ2n) is 6.27. The fourth-order valence-corrected chi connectivity index (χ4v) is 2.86. The van der Waals surface area contributed by atoms with E-state index in [1.54, 1.807) is 6.33 Å². The highest BCUT2D eigenvalue weighted by Gasteiger charge is 2.21. The summed E-state index contributed by atoms with van der Waals surface area (Å²) in [5.74, 6) is -1.74. The van der Waals surface area contributed by atoms with Crippen LogP contribution in [0.2, 0.25) is 0 Å². The van der Waals surface area contributed by atoms with Gasteiger partial charge in [0.1, 0.15) is 12.4 Å². The molecular formula is C15H25N5O4S. The molecule has 140 valence electrons. The van der Waals surface area contributed by atoms with Crippen LogP contribution in [0.1, 0.15) is 40.2 Å². The molecule has 0 aliphatic carbocycles. The summed E-state index contributed by atoms with van der Waals surface area (Å²) in [5.41, 5.74) is 0. The van der Waals surface area contributed by atoms with Gasteiger partial charge in [0.05, 0.1) is 12.3 Å². The van der Waals surface area contributed by atoms with Crippen molar-refractivity contribution in [2.45, 2.75) is 51.4 Å². The number of carbonyl (C=O) groups excluding carboxylic acids is 2. The number of carbonyl (C=O) groups is 3. The number of aromatic nitrogens is 3. The van der Waals surface area contributed by atoms with Gasteiger partial charge in [-0.3, -0.25) is 9.59 Å². The number of hydrogen-bond donors (Lipinski definition) is 3. The van der Waals surface area contributed by atoms with Gasteiger partial charge in [0.2, 0.25) is 11.8 Å². The van der Waals surface area contributed by atoms with E-state index in [1.165, 1.54) is 11.8 Å². The minimum Gasteiger partial charge on any atom is -0.480 e. The van der Waals surface area contributed by atoms with Gasteiger partial charge in [0.25, 0.3) is 0 Å². The largest absolute Gasteiger partial charge is 0.480 e. The molecule has 1 aromatic rings. The first kappa shape index (κ1) is 20.9. The Bertz CT molecular complexity index is 602. The summed E-state index contributed by atoms with van der Waals surface area (Å²) in [6.45, 7) is 7.44. The molecule has 0 aliphatic rings. The van der Waals surface area contributed by atoms with Crippen LogP contribution in [0.3, 0.4) is 0 Å². The molecule has 0 saturated heterocycles. The molecule has 9 nitrogen and oxygen atoms in total. The summed E-state index contributed by atoms with van der Waals surface area (Å²) in [5, 5.41) is 22.3. The smallest absolute Gasteiger partial charge is 0.326 e. The molecule has 0 saturated carbocycles. The van der Waals surface area contributed by atoms with E-state index in [4.69, 9.17) is 5.11 Å². The first-order valence-electron chi connectivity index (χ1n) is 8.01. The molecule has 0 spiro atoms. The molecule has 3 N–H and O–H groups in total. The van der Waals surface area contributed by atoms with Crippen LogP contribution < -0.4 is 10.6 Å². The Morgan fingerprint density at radius 3 is 2.48 bits per heavy atom. The Morgan fingerprint density at radius 2 is 1.92 bits per heavy atom. The zero-order valence-corrected chi connectivity index (χ0v) is 15.7. The average Bonchev–Trinajstić information content (AvgIpc) is 2.98. The summed E-state index contributed by atoms with van der Waals surface area (Å²) in [6, 6.07) is -0.774. The number of carboxylic acids is 1. The molecule has 0 unspecified atom stereocenters. The predicted molar refractivity (Wildman–Crippen MR) is 93.2 cm³/mol. The monoisotopic (exact) mass is 371 g/mol. The molecule has 1 aromatic heterocycles. The van der Waals surface area contributed by atoms with Crippen molar-refractivity contribution in [3.8, 4) is 0 Å². The van der Waals surface area contributed by atoms with Crippen LogP contribution in [-0.2, 0) is 14.4 Å². The molecule has 0 fully saturated rings. The minimum absolute atomic E-state index is 0.0903. The number of nitrogens with one attached hydrogen (secondary N) is 2. The van der Waals surface area contributed by atoms with Gasteiger partial charge < -0.3 is 20.3 Å². The van der Waals surface area contributed by atoms with Gasteiger partial charge in [0.15, 0.2) is 5.16 Å². The summed E-state index contributed by atoms with van der Waals surface area (Å²) in [7, 11) is 0. The van der Waals surface area contributed by atoms with Crippen molar-refractivity contribution in [2.24, 2.45) is 5.92 Å². The van der Waals surface area contributed by atoms with Crippen molar-refractivity contribution in [3.63, 3.8) is 0 Å². The van der Waals surface area contributed by atoms with Crippen molar-refractivity contribution < 1.29 is 19.5 Å². The number of aliphatic carboxylic acids is 1. The van der Waals surface area contributed by atoms with Crippen LogP contribution in [0.4, 0.5) is 0 Å². The van der Waals surface area contributed by atoms with Gasteiger partial charge in [-0.05, 0) is 26.2 Å². The molecule has 1 atom stereocenters. The fraction of sp³-hybridized carbons (Fsp3) is 0.667. The average molecular weight is 371 g/mol. The van der Waals surface area contributed by atoms with Crippen molar-refractivity contribution in [1.29, 1.82) is 0 Å². The Morgan fingerprint density at radius 1 is 1.24 bits per heavy atom. The van der Waals surface area contributed by atoms with E-state index in [2.05, 4.69) is 20.8 Å². The normalized spacial score (nSPS) is 12.2. The maximum Gasteiger partial charge on any atom is 0.326 e. The Labute approximate surface area is 151 Å². The van der Waals surface area contributed by atoms with Gasteiger partial charge in [0, 0.05) is 6.04 Å². The summed E-state index contributed by atoms with van der Waals surface area (Å²) >= 11 is 1.22. The second-order valence-corrected chi connectivity index (χ2v) is 7.21. The number of carboxylic acid groups (broad SMARTS) is 1. The van der Waals surface area contributed by atoms with Gasteiger partial charge >= 0.3 is 5.97 Å². The molecule has 1 heterocycles. The maximum absolute atomic E-state index is 11.8. The zero-order valence-electron chi connectivity index (χ0n) is 14.9. The highest BCUT2D eigenvalue weighted by Crippen LogP contribution is 2.18. The minimum atomic E-state index is -1.09. The number of thioether (sulfide) groups is 1. The van der Waals surface area contributed by atoms with Crippen LogP contribution in [-0.4, -0.2) is 56.0 Å². The molecule has 0 aliphatic heterocycles. The van der Waals surface area contributed by atoms with E-state index < -0.39 is 17.9 Å². The summed E-state index contributed by atoms with van der Waals surface area (Å²) in [6.07, 6.45) is 1.93. The Hall–Kier alpha value is -2.10. The number of rotatable bonds is 10. The number of amides is 2. The van der Waals surface area contributed by atoms with Crippen molar-refractivity contribution in [3.05, 3.63) is 6.33 Å². The standard InChI is InChI=1S/C15H25N5O4S/c1-9(2)5-11(14(23)24)18-12(21)6-16-13(22)7-25-15-19-17-8-20(15)10(3)4/h8-11H,5-7H2,1-4H3,(H,16,22)(H,18,21)(H,23,24)/t11-/m0/s1. The van der Waals surface area contributed by atoms with E-state index in [0.29, 0.717) is 11.6 Å². The second kappa shape index (κ2) is 10.0. The highest BCUT2D eigenvalue weighted by atomic mass is 32.2. The lowest BCUT2D eigenvalue weighted by Crippen LogP contribution is -2.46. The van der Waals surface area contributed by atoms with Gasteiger partial charge in [-0.25, -0.2) is 4.79 Å². The van der Waals surface area contributed by atoms with Crippen LogP contribution >= 0.6 is 11.8 Å². The van der Waals surface area contributed by atoms with E-state index in [-0.39, 0.29) is 30.2 Å². The number of hydrogen-bond acceptors (Lipinski definition) is 6. The third-order valence-electron chi connectivity index (χ3n) is 3.22. The molecule has 0 aromatic carbocycles. The molecule has 10 heteroatoms. The van der Waals surface area contributed by atoms with Crippen LogP contribution in [0.15, 0.2) is 11.5 Å². The third kappa shape index (κ3) is 7.55. The van der Waals surface area contributed by atoms with Crippen molar-refractivity contribution >= 4 is 29.5 Å². The molecule has 0 bridgehead atoms. The van der Waals surface area contributed by atoms with Gasteiger partial charge in [-0.15, -0.1) is 10.2 Å². The van der Waals surface area contributed by atoms with Crippen LogP contribution in [0.5, 0.6) is 0 Å². The number of nitrogens with zero attached hydrogens (tertiary/aromatic N) is 3. The predicted octanol–water partition coefficient (Wildman–Crippen LogP) is 0.683. The van der Waals surface area contributed by atoms with Gasteiger partial charge in [-0.1, -0.05) is 25.6 Å². The zero-order chi connectivity index (χ0) is 19.0. The molecular weight excluding hydrogens is 346 g/mol. The van der Waals surface area contributed by atoms with E-state index in [1.807, 2.05) is 32.3 Å². The van der Waals surface area contributed by atoms with Crippen LogP contribution in [0, 0.1) is 5.92 Å². The molecule has 0 radical (unpaired) electrons. The first-order chi connectivity index (χ1) is 11.7. The quantitative estimate of drug-likeness (QED) is 0.516. The Balaban J connectivity index is 2.39. The molecule has 25 heavy (non-hydrogen) atoms. The van der Waals surface area contributed by atoms with Crippen molar-refractivity contribution in [1.82, 2.24) is 25.4 Å². The molecule has 2 amide bonds. The van der Waals surface area contributed by atoms with Gasteiger partial charge in [-0.2, -0.15) is 0 Å². The topological polar surface area (TPSA) is 126 Å². The lowest BCUT2D eigenvalue weighted by atomic mass is 10.0. The fourth-order valence-electron chi connectivity index (χ4n) is 1.99. The van der Waals surface area contributed by atoms with E-state index >= 15 is 0 Å². The van der Waals surface area contributed by atoms with Crippen LogP contribution in [0.25, 0.3) is 0 Å². The van der Waals surface area contributed by atoms with E-state index in [0.717, 1.165) is 0 Å². The first-order valence-corrected chi connectivity index (χ1v) is 9.00. The summed E-state index contributed by atoms with van der Waals surface area (Å²) in [4.78, 5) is 34.7. The van der Waals surface area contributed by atoms with E-state index in [9.17, 15) is 14.4 Å². The molecule has 1 rings (SSSR count). The lowest BCUT2D eigenvalue weighted by Gasteiger charge is -2.16. The summed E-state index contributed by atoms with van der Waals surface area (Å²) < 4.78 is 1.84. The SMILES string of the molecule is CC(C)C[C@H](NC(=O)CNC(=O)CSc1nncn1C(C)C)C(=O)O. The highest BCUT2D eigenvalue weighted by molar-refractivity contribution is 7.99. The maximum atomic E-state index is 11.8. The van der Waals surface area contributed by atoms with Crippen molar-refractivity contribution in [2.75, 3.05) is 12.3 Å².